The molecule has 2 aromatic heterocycles. The van der Waals surface area contributed by atoms with E-state index in [0.29, 0.717) is 18.1 Å². The molecule has 3 heterocycles. The van der Waals surface area contributed by atoms with Crippen LogP contribution in [0.25, 0.3) is 38.6 Å². The molecule has 6 nitrogen and oxygen atoms in total. The maximum Gasteiger partial charge on any atom is 0.143 e. The number of H-pyrrole nitrogens is 1. The van der Waals surface area contributed by atoms with Crippen LogP contribution in [0.3, 0.4) is 0 Å². The van der Waals surface area contributed by atoms with Gasteiger partial charge in [0.05, 0.1) is 17.7 Å². The van der Waals surface area contributed by atoms with E-state index >= 15 is 0 Å². The normalized spacial score (nSPS) is 14.2. The predicted octanol–water partition coefficient (Wildman–Crippen LogP) is 6.21. The number of allylic oxidation sites excluding steroid dienone is 1. The van der Waals surface area contributed by atoms with Crippen LogP contribution in [0.15, 0.2) is 55.2 Å². The first-order valence-corrected chi connectivity index (χ1v) is 12.3. The molecule has 1 N–H and O–H groups in total. The van der Waals surface area contributed by atoms with Crippen molar-refractivity contribution in [1.82, 2.24) is 14.9 Å². The van der Waals surface area contributed by atoms with Crippen molar-refractivity contribution in [2.45, 2.75) is 26.2 Å². The summed E-state index contributed by atoms with van der Waals surface area (Å²) in [5.41, 5.74) is 6.71. The van der Waals surface area contributed by atoms with Crippen LogP contribution >= 0.6 is 0 Å². The number of fused-ring (bicyclic) bond motifs is 3. The van der Waals surface area contributed by atoms with Gasteiger partial charge in [-0.2, -0.15) is 5.26 Å². The van der Waals surface area contributed by atoms with E-state index in [9.17, 15) is 5.26 Å². The summed E-state index contributed by atoms with van der Waals surface area (Å²) >= 11 is 0. The SMILES string of the molecule is C=C(CC)c1cccc(-c2ccc(OCC3CCN(C)CC3)c3[nH]c4ncc(C#N)cc4c23)c1.C=O. The molecule has 1 saturated heterocycles. The zero-order valence-electron chi connectivity index (χ0n) is 21.0. The minimum Gasteiger partial charge on any atom is -0.491 e. The number of aromatic amines is 1. The third-order valence-corrected chi connectivity index (χ3v) is 7.02. The molecule has 36 heavy (non-hydrogen) atoms. The van der Waals surface area contributed by atoms with E-state index in [4.69, 9.17) is 9.53 Å². The van der Waals surface area contributed by atoms with Gasteiger partial charge in [0.2, 0.25) is 0 Å². The van der Waals surface area contributed by atoms with Gasteiger partial charge in [0, 0.05) is 17.0 Å². The lowest BCUT2D eigenvalue weighted by Crippen LogP contribution is -2.32. The molecule has 0 saturated carbocycles. The van der Waals surface area contributed by atoms with Gasteiger partial charge < -0.3 is 19.4 Å². The Hall–Kier alpha value is -3.95. The summed E-state index contributed by atoms with van der Waals surface area (Å²) in [5.74, 6) is 1.40. The number of ether oxygens (including phenoxy) is 1. The second-order valence-electron chi connectivity index (χ2n) is 9.31. The van der Waals surface area contributed by atoms with Gasteiger partial charge in [-0.15, -0.1) is 0 Å². The Morgan fingerprint density at radius 3 is 2.72 bits per heavy atom. The number of nitriles is 1. The standard InChI is InChI=1S/C29H30N4O.CH2O/c1-4-19(2)22-6-5-7-23(15-22)24-8-9-26(34-18-20-10-12-33(3)13-11-20)28-27(24)25-14-21(16-30)17-31-29(25)32-28;1-2/h5-9,14-15,17,20H,2,4,10-13,18H2,1,3H3,(H,31,32);1H2. The van der Waals surface area contributed by atoms with Gasteiger partial charge in [0.1, 0.15) is 24.3 Å². The quantitative estimate of drug-likeness (QED) is 0.355. The fraction of sp³-hybridized carbons (Fsp3) is 0.300. The fourth-order valence-electron chi connectivity index (χ4n) is 4.83. The second kappa shape index (κ2) is 11.2. The smallest absolute Gasteiger partial charge is 0.143 e. The van der Waals surface area contributed by atoms with E-state index in [1.165, 1.54) is 0 Å². The molecule has 2 aromatic carbocycles. The van der Waals surface area contributed by atoms with Gasteiger partial charge in [-0.3, -0.25) is 0 Å². The highest BCUT2D eigenvalue weighted by atomic mass is 16.5. The summed E-state index contributed by atoms with van der Waals surface area (Å²) in [6.07, 6.45) is 4.84. The summed E-state index contributed by atoms with van der Waals surface area (Å²) in [4.78, 5) is 18.4. The van der Waals surface area contributed by atoms with Crippen LogP contribution in [-0.4, -0.2) is 48.4 Å². The number of carbonyl (C=O) groups excluding carboxylic acids is 1. The number of nitrogens with zero attached hydrogens (tertiary/aromatic N) is 3. The lowest BCUT2D eigenvalue weighted by atomic mass is 9.95. The van der Waals surface area contributed by atoms with Crippen LogP contribution in [0, 0.1) is 17.2 Å². The highest BCUT2D eigenvalue weighted by Crippen LogP contribution is 2.40. The zero-order chi connectivity index (χ0) is 25.7. The molecular weight excluding hydrogens is 448 g/mol. The Bertz CT molecular complexity index is 1420. The van der Waals surface area contributed by atoms with Gasteiger partial charge in [-0.1, -0.05) is 31.7 Å². The van der Waals surface area contributed by atoms with Gasteiger partial charge in [-0.25, -0.2) is 4.98 Å². The molecule has 4 aromatic rings. The number of hydrogen-bond donors (Lipinski definition) is 1. The van der Waals surface area contributed by atoms with Crippen molar-refractivity contribution in [3.63, 3.8) is 0 Å². The minimum absolute atomic E-state index is 0.546. The number of benzene rings is 2. The monoisotopic (exact) mass is 480 g/mol. The van der Waals surface area contributed by atoms with Crippen LogP contribution in [-0.2, 0) is 4.79 Å². The largest absolute Gasteiger partial charge is 0.491 e. The molecule has 184 valence electrons. The van der Waals surface area contributed by atoms with Gasteiger partial charge in [0.15, 0.2) is 0 Å². The molecule has 0 radical (unpaired) electrons. The number of pyridine rings is 1. The number of nitrogens with one attached hydrogen (secondary N) is 1. The molecule has 6 heteroatoms. The number of rotatable bonds is 6. The fourth-order valence-corrected chi connectivity index (χ4v) is 4.83. The van der Waals surface area contributed by atoms with E-state index in [1.54, 1.807) is 6.20 Å². The van der Waals surface area contributed by atoms with E-state index < -0.39 is 0 Å². The first kappa shape index (κ1) is 25.2. The highest BCUT2D eigenvalue weighted by molar-refractivity contribution is 6.15. The first-order valence-electron chi connectivity index (χ1n) is 12.3. The zero-order valence-corrected chi connectivity index (χ0v) is 21.0. The summed E-state index contributed by atoms with van der Waals surface area (Å²) in [7, 11) is 2.18. The Morgan fingerprint density at radius 2 is 2.00 bits per heavy atom. The van der Waals surface area contributed by atoms with Crippen molar-refractivity contribution >= 4 is 34.3 Å². The number of likely N-dealkylation sites (tertiary alicyclic amines) is 1. The van der Waals surface area contributed by atoms with Gasteiger partial charge >= 0.3 is 0 Å². The number of piperidine rings is 1. The van der Waals surface area contributed by atoms with Gasteiger partial charge in [-0.05, 0) is 91.8 Å². The minimum atomic E-state index is 0.546. The molecular formula is C30H32N4O2. The number of hydrogen-bond acceptors (Lipinski definition) is 5. The third kappa shape index (κ3) is 5.02. The summed E-state index contributed by atoms with van der Waals surface area (Å²) in [6.45, 7) is 11.3. The molecule has 0 atom stereocenters. The van der Waals surface area contributed by atoms with E-state index in [1.807, 2.05) is 12.9 Å². The van der Waals surface area contributed by atoms with Gasteiger partial charge in [0.25, 0.3) is 0 Å². The Labute approximate surface area is 212 Å². The Kier molecular flexibility index (Phi) is 7.82. The van der Waals surface area contributed by atoms with Crippen LogP contribution in [0.1, 0.15) is 37.3 Å². The summed E-state index contributed by atoms with van der Waals surface area (Å²) in [5, 5.41) is 11.5. The molecule has 1 aliphatic heterocycles. The summed E-state index contributed by atoms with van der Waals surface area (Å²) in [6, 6.07) is 16.8. The summed E-state index contributed by atoms with van der Waals surface area (Å²) < 4.78 is 6.39. The lowest BCUT2D eigenvalue weighted by Gasteiger charge is -2.28. The molecule has 0 amide bonds. The van der Waals surface area contributed by atoms with E-state index in [2.05, 4.69) is 77.9 Å². The molecule has 5 rings (SSSR count). The van der Waals surface area contributed by atoms with Crippen molar-refractivity contribution in [2.75, 3.05) is 26.7 Å². The Morgan fingerprint density at radius 1 is 1.22 bits per heavy atom. The third-order valence-electron chi connectivity index (χ3n) is 7.02. The lowest BCUT2D eigenvalue weighted by molar-refractivity contribution is -0.0979. The topological polar surface area (TPSA) is 82.0 Å². The van der Waals surface area contributed by atoms with E-state index in [0.717, 1.165) is 82.3 Å². The van der Waals surface area contributed by atoms with Crippen LogP contribution < -0.4 is 4.74 Å². The first-order chi connectivity index (χ1) is 17.6. The number of carbonyl (C=O) groups is 1. The molecule has 0 unspecified atom stereocenters. The molecule has 1 aliphatic rings. The van der Waals surface area contributed by atoms with Crippen LogP contribution in [0.5, 0.6) is 5.75 Å². The average Bonchev–Trinajstić information content (AvgIpc) is 3.32. The molecule has 1 fully saturated rings. The van der Waals surface area contributed by atoms with Crippen LogP contribution in [0.4, 0.5) is 0 Å². The van der Waals surface area contributed by atoms with Crippen molar-refractivity contribution in [2.24, 2.45) is 5.92 Å². The molecule has 0 spiro atoms. The molecule has 0 aliphatic carbocycles. The predicted molar refractivity (Wildman–Crippen MR) is 146 cm³/mol. The van der Waals surface area contributed by atoms with Crippen LogP contribution in [0.2, 0.25) is 0 Å². The highest BCUT2D eigenvalue weighted by Gasteiger charge is 2.20. The second-order valence-corrected chi connectivity index (χ2v) is 9.31. The van der Waals surface area contributed by atoms with Crippen molar-refractivity contribution < 1.29 is 9.53 Å². The van der Waals surface area contributed by atoms with Crippen molar-refractivity contribution in [3.8, 4) is 22.9 Å². The van der Waals surface area contributed by atoms with E-state index in [-0.39, 0.29) is 0 Å². The maximum atomic E-state index is 9.48. The molecule has 0 bridgehead atoms. The average molecular weight is 481 g/mol. The maximum absolute atomic E-state index is 9.48. The van der Waals surface area contributed by atoms with Crippen molar-refractivity contribution in [1.29, 1.82) is 5.26 Å². The number of aromatic nitrogens is 2. The van der Waals surface area contributed by atoms with Crippen molar-refractivity contribution in [3.05, 3.63) is 66.4 Å². The Balaban J connectivity index is 0.00000148.